The van der Waals surface area contributed by atoms with E-state index in [1.165, 1.54) is 17.5 Å². The molecule has 0 atom stereocenters. The molecule has 2 rings (SSSR count). The summed E-state index contributed by atoms with van der Waals surface area (Å²) in [5.74, 6) is 0.822. The molecule has 2 heteroatoms. The summed E-state index contributed by atoms with van der Waals surface area (Å²) in [6, 6.07) is 4.07. The molecule has 0 saturated heterocycles. The van der Waals surface area contributed by atoms with Crippen LogP contribution in [0.15, 0.2) is 12.1 Å². The van der Waals surface area contributed by atoms with Crippen LogP contribution in [-0.4, -0.2) is 12.2 Å². The number of ether oxygens (including phenoxy) is 1. The lowest BCUT2D eigenvalue weighted by Gasteiger charge is -2.10. The number of aryl methyl sites for hydroxylation is 1. The fourth-order valence-electron chi connectivity index (χ4n) is 2.09. The van der Waals surface area contributed by atoms with Gasteiger partial charge in [0.2, 0.25) is 0 Å². The molecule has 0 unspecified atom stereocenters. The zero-order valence-electron chi connectivity index (χ0n) is 7.84. The van der Waals surface area contributed by atoms with Gasteiger partial charge in [-0.3, -0.25) is 0 Å². The van der Waals surface area contributed by atoms with Gasteiger partial charge in [0, 0.05) is 5.56 Å². The number of fused-ring (bicyclic) bond motifs is 1. The summed E-state index contributed by atoms with van der Waals surface area (Å²) in [4.78, 5) is 0. The number of aliphatic hydroxyl groups is 1. The first-order valence-electron chi connectivity index (χ1n) is 4.65. The standard InChI is InChI=1S/C11H14O2/c1-13-11-6-5-8-3-2-4-9(8)10(11)7-12/h5-6,12H,2-4,7H2,1H3. The molecule has 1 aliphatic carbocycles. The number of aliphatic hydroxyl groups excluding tert-OH is 1. The van der Waals surface area contributed by atoms with E-state index in [9.17, 15) is 5.11 Å². The van der Waals surface area contributed by atoms with Gasteiger partial charge in [-0.2, -0.15) is 0 Å². The molecule has 13 heavy (non-hydrogen) atoms. The summed E-state index contributed by atoms with van der Waals surface area (Å²) in [6.45, 7) is 0.0896. The summed E-state index contributed by atoms with van der Waals surface area (Å²) < 4.78 is 5.20. The lowest BCUT2D eigenvalue weighted by molar-refractivity contribution is 0.272. The SMILES string of the molecule is COc1ccc2c(c1CO)CCC2. The Morgan fingerprint density at radius 2 is 2.23 bits per heavy atom. The molecule has 0 spiro atoms. The molecular formula is C11H14O2. The topological polar surface area (TPSA) is 29.5 Å². The van der Waals surface area contributed by atoms with E-state index in [1.54, 1.807) is 7.11 Å². The average molecular weight is 178 g/mol. The highest BCUT2D eigenvalue weighted by Crippen LogP contribution is 2.31. The van der Waals surface area contributed by atoms with E-state index in [-0.39, 0.29) is 6.61 Å². The van der Waals surface area contributed by atoms with Crippen LogP contribution in [0.3, 0.4) is 0 Å². The largest absolute Gasteiger partial charge is 0.496 e. The highest BCUT2D eigenvalue weighted by molar-refractivity contribution is 5.46. The molecule has 0 bridgehead atoms. The minimum atomic E-state index is 0.0896. The highest BCUT2D eigenvalue weighted by atomic mass is 16.5. The van der Waals surface area contributed by atoms with E-state index in [4.69, 9.17) is 4.74 Å². The zero-order chi connectivity index (χ0) is 9.26. The third-order valence-electron chi connectivity index (χ3n) is 2.74. The molecule has 1 aromatic rings. The Morgan fingerprint density at radius 1 is 1.38 bits per heavy atom. The maximum Gasteiger partial charge on any atom is 0.124 e. The second-order valence-electron chi connectivity index (χ2n) is 3.40. The van der Waals surface area contributed by atoms with Crippen molar-refractivity contribution in [3.05, 3.63) is 28.8 Å². The van der Waals surface area contributed by atoms with Crippen molar-refractivity contribution >= 4 is 0 Å². The number of rotatable bonds is 2. The number of methoxy groups -OCH3 is 1. The Morgan fingerprint density at radius 3 is 2.92 bits per heavy atom. The summed E-state index contributed by atoms with van der Waals surface area (Å²) in [7, 11) is 1.65. The summed E-state index contributed by atoms with van der Waals surface area (Å²) in [5.41, 5.74) is 3.67. The predicted octanol–water partition coefficient (Wildman–Crippen LogP) is 1.68. The first-order valence-corrected chi connectivity index (χ1v) is 4.65. The van der Waals surface area contributed by atoms with Crippen molar-refractivity contribution in [3.63, 3.8) is 0 Å². The molecule has 1 aromatic carbocycles. The van der Waals surface area contributed by atoms with Crippen molar-refractivity contribution in [2.45, 2.75) is 25.9 Å². The smallest absolute Gasteiger partial charge is 0.124 e. The van der Waals surface area contributed by atoms with Gasteiger partial charge in [0.15, 0.2) is 0 Å². The lowest BCUT2D eigenvalue weighted by atomic mass is 10.0. The second kappa shape index (κ2) is 3.38. The third kappa shape index (κ3) is 1.31. The molecular weight excluding hydrogens is 164 g/mol. The van der Waals surface area contributed by atoms with Crippen molar-refractivity contribution in [1.82, 2.24) is 0 Å². The lowest BCUT2D eigenvalue weighted by Crippen LogP contribution is -1.97. The molecule has 70 valence electrons. The van der Waals surface area contributed by atoms with E-state index in [2.05, 4.69) is 6.07 Å². The Balaban J connectivity index is 2.53. The van der Waals surface area contributed by atoms with Crippen LogP contribution < -0.4 is 4.74 Å². The van der Waals surface area contributed by atoms with Gasteiger partial charge in [0.1, 0.15) is 5.75 Å². The van der Waals surface area contributed by atoms with E-state index < -0.39 is 0 Å². The Hall–Kier alpha value is -1.02. The van der Waals surface area contributed by atoms with E-state index >= 15 is 0 Å². The van der Waals surface area contributed by atoms with Gasteiger partial charge in [0.05, 0.1) is 13.7 Å². The fourth-order valence-corrected chi connectivity index (χ4v) is 2.09. The third-order valence-corrected chi connectivity index (χ3v) is 2.74. The Kier molecular flexibility index (Phi) is 2.23. The van der Waals surface area contributed by atoms with Crippen LogP contribution in [-0.2, 0) is 19.4 Å². The highest BCUT2D eigenvalue weighted by Gasteiger charge is 2.17. The second-order valence-corrected chi connectivity index (χ2v) is 3.40. The Bertz CT molecular complexity index is 318. The van der Waals surface area contributed by atoms with Crippen LogP contribution in [0.1, 0.15) is 23.1 Å². The molecule has 0 saturated carbocycles. The van der Waals surface area contributed by atoms with E-state index in [0.717, 1.165) is 24.2 Å². The quantitative estimate of drug-likeness (QED) is 0.746. The molecule has 0 heterocycles. The van der Waals surface area contributed by atoms with Gasteiger partial charge in [-0.1, -0.05) is 6.07 Å². The predicted molar refractivity (Wildman–Crippen MR) is 50.9 cm³/mol. The number of hydrogen-bond donors (Lipinski definition) is 1. The maximum atomic E-state index is 9.23. The molecule has 1 aliphatic rings. The van der Waals surface area contributed by atoms with Crippen molar-refractivity contribution in [2.75, 3.05) is 7.11 Å². The van der Waals surface area contributed by atoms with Gasteiger partial charge < -0.3 is 9.84 Å². The average Bonchev–Trinajstić information content (AvgIpc) is 2.63. The summed E-state index contributed by atoms with van der Waals surface area (Å²) in [6.07, 6.45) is 3.43. The van der Waals surface area contributed by atoms with Crippen LogP contribution in [0, 0.1) is 0 Å². The maximum absolute atomic E-state index is 9.23. The fraction of sp³-hybridized carbons (Fsp3) is 0.455. The number of hydrogen-bond acceptors (Lipinski definition) is 2. The molecule has 0 radical (unpaired) electrons. The van der Waals surface area contributed by atoms with Crippen molar-refractivity contribution < 1.29 is 9.84 Å². The summed E-state index contributed by atoms with van der Waals surface area (Å²) in [5, 5.41) is 9.23. The summed E-state index contributed by atoms with van der Waals surface area (Å²) >= 11 is 0. The minimum Gasteiger partial charge on any atom is -0.496 e. The van der Waals surface area contributed by atoms with Crippen LogP contribution in [0.4, 0.5) is 0 Å². The van der Waals surface area contributed by atoms with Gasteiger partial charge in [-0.15, -0.1) is 0 Å². The zero-order valence-corrected chi connectivity index (χ0v) is 7.84. The van der Waals surface area contributed by atoms with Gasteiger partial charge >= 0.3 is 0 Å². The monoisotopic (exact) mass is 178 g/mol. The molecule has 0 aromatic heterocycles. The normalized spacial score (nSPS) is 14.3. The van der Waals surface area contributed by atoms with Gasteiger partial charge in [-0.25, -0.2) is 0 Å². The van der Waals surface area contributed by atoms with Crippen LogP contribution in [0.2, 0.25) is 0 Å². The number of benzene rings is 1. The van der Waals surface area contributed by atoms with Crippen molar-refractivity contribution in [3.8, 4) is 5.75 Å². The van der Waals surface area contributed by atoms with Crippen LogP contribution >= 0.6 is 0 Å². The van der Waals surface area contributed by atoms with Crippen molar-refractivity contribution in [1.29, 1.82) is 0 Å². The van der Waals surface area contributed by atoms with Crippen LogP contribution in [0.25, 0.3) is 0 Å². The van der Waals surface area contributed by atoms with E-state index in [0.29, 0.717) is 0 Å². The molecule has 0 aliphatic heterocycles. The van der Waals surface area contributed by atoms with Crippen LogP contribution in [0.5, 0.6) is 5.75 Å². The minimum absolute atomic E-state index is 0.0896. The molecule has 0 fully saturated rings. The Labute approximate surface area is 78.2 Å². The first kappa shape index (κ1) is 8.57. The van der Waals surface area contributed by atoms with E-state index in [1.807, 2.05) is 6.07 Å². The molecule has 1 N–H and O–H groups in total. The molecule has 2 nitrogen and oxygen atoms in total. The molecule has 0 amide bonds. The van der Waals surface area contributed by atoms with Gasteiger partial charge in [-0.05, 0) is 36.5 Å². The van der Waals surface area contributed by atoms with Crippen molar-refractivity contribution in [2.24, 2.45) is 0 Å². The first-order chi connectivity index (χ1) is 6.36. The van der Waals surface area contributed by atoms with Gasteiger partial charge in [0.25, 0.3) is 0 Å².